The summed E-state index contributed by atoms with van der Waals surface area (Å²) in [5, 5.41) is 3.16. The molecule has 0 aromatic heterocycles. The first-order valence-corrected chi connectivity index (χ1v) is 6.03. The van der Waals surface area contributed by atoms with Gasteiger partial charge in [0, 0.05) is 26.3 Å². The van der Waals surface area contributed by atoms with Gasteiger partial charge < -0.3 is 10.1 Å². The van der Waals surface area contributed by atoms with Crippen LogP contribution in [0.4, 0.5) is 0 Å². The first-order valence-electron chi connectivity index (χ1n) is 6.03. The molecule has 0 radical (unpaired) electrons. The highest BCUT2D eigenvalue weighted by atomic mass is 16.5. The zero-order chi connectivity index (χ0) is 12.2. The van der Waals surface area contributed by atoms with Crippen LogP contribution in [0.3, 0.4) is 0 Å². The highest BCUT2D eigenvalue weighted by molar-refractivity contribution is 5.79. The lowest BCUT2D eigenvalue weighted by Crippen LogP contribution is -2.42. The summed E-state index contributed by atoms with van der Waals surface area (Å²) in [6.45, 7) is 9.51. The topological polar surface area (TPSA) is 71.7 Å². The second-order valence-electron chi connectivity index (χ2n) is 4.03. The van der Waals surface area contributed by atoms with E-state index in [1.165, 1.54) is 0 Å². The van der Waals surface area contributed by atoms with E-state index in [2.05, 4.69) is 29.6 Å². The molecule has 16 heavy (non-hydrogen) atoms. The predicted molar refractivity (Wildman–Crippen MR) is 68.2 cm³/mol. The second-order valence-corrected chi connectivity index (χ2v) is 4.03. The van der Waals surface area contributed by atoms with Crippen molar-refractivity contribution in [2.75, 3.05) is 26.3 Å². The van der Waals surface area contributed by atoms with Crippen LogP contribution in [0.25, 0.3) is 0 Å². The number of nitrogens with two attached hydrogens (primary N) is 1. The molecule has 0 aliphatic heterocycles. The Morgan fingerprint density at radius 3 is 2.75 bits per heavy atom. The van der Waals surface area contributed by atoms with Gasteiger partial charge in [0.2, 0.25) is 5.96 Å². The highest BCUT2D eigenvalue weighted by Crippen LogP contribution is 1.95. The van der Waals surface area contributed by atoms with Crippen LogP contribution in [-0.4, -0.2) is 32.3 Å². The first-order chi connectivity index (χ1) is 7.70. The summed E-state index contributed by atoms with van der Waals surface area (Å²) in [5.41, 5.74) is 2.56. The fraction of sp³-hybridized carbons (Fsp3) is 0.909. The molecule has 96 valence electrons. The average molecular weight is 230 g/mol. The third-order valence-electron chi connectivity index (χ3n) is 2.07. The molecule has 0 fully saturated rings. The summed E-state index contributed by atoms with van der Waals surface area (Å²) in [6.07, 6.45) is 2.03. The summed E-state index contributed by atoms with van der Waals surface area (Å²) >= 11 is 0. The highest BCUT2D eigenvalue weighted by Gasteiger charge is 1.97. The number of hydrazine groups is 1. The van der Waals surface area contributed by atoms with Crippen molar-refractivity contribution in [3.8, 4) is 0 Å². The standard InChI is InChI=1S/C11H26N4O/c1-4-16-9-5-7-13-11(15-12)14-8-6-10(2)3/h10H,4-9,12H2,1-3H3,(H2,13,14,15). The minimum Gasteiger partial charge on any atom is -0.382 e. The van der Waals surface area contributed by atoms with E-state index in [-0.39, 0.29) is 0 Å². The van der Waals surface area contributed by atoms with Gasteiger partial charge in [0.1, 0.15) is 0 Å². The first kappa shape index (κ1) is 15.2. The molecule has 0 bridgehead atoms. The van der Waals surface area contributed by atoms with Gasteiger partial charge in [-0.15, -0.1) is 0 Å². The zero-order valence-corrected chi connectivity index (χ0v) is 10.8. The lowest BCUT2D eigenvalue weighted by Gasteiger charge is -2.10. The molecule has 4 N–H and O–H groups in total. The van der Waals surface area contributed by atoms with Gasteiger partial charge in [0.25, 0.3) is 0 Å². The summed E-state index contributed by atoms with van der Waals surface area (Å²) < 4.78 is 5.22. The van der Waals surface area contributed by atoms with Crippen LogP contribution >= 0.6 is 0 Å². The Hall–Kier alpha value is -0.810. The number of hydrogen-bond acceptors (Lipinski definition) is 3. The summed E-state index contributed by atoms with van der Waals surface area (Å²) in [5.74, 6) is 6.70. The van der Waals surface area contributed by atoms with Crippen molar-refractivity contribution in [3.63, 3.8) is 0 Å². The summed E-state index contributed by atoms with van der Waals surface area (Å²) in [4.78, 5) is 4.30. The molecule has 0 aromatic rings. The van der Waals surface area contributed by atoms with Crippen LogP contribution in [0.2, 0.25) is 0 Å². The lowest BCUT2D eigenvalue weighted by molar-refractivity contribution is 0.146. The van der Waals surface area contributed by atoms with E-state index in [1.807, 2.05) is 6.92 Å². The molecule has 0 unspecified atom stereocenters. The van der Waals surface area contributed by atoms with Crippen LogP contribution in [-0.2, 0) is 4.74 Å². The third-order valence-corrected chi connectivity index (χ3v) is 2.07. The molecule has 0 aliphatic carbocycles. The molecule has 0 aliphatic rings. The van der Waals surface area contributed by atoms with Crippen LogP contribution in [0, 0.1) is 5.92 Å². The van der Waals surface area contributed by atoms with Gasteiger partial charge in [-0.25, -0.2) is 5.84 Å². The number of nitrogens with one attached hydrogen (secondary N) is 2. The molecular weight excluding hydrogens is 204 g/mol. The number of ether oxygens (including phenoxy) is 1. The van der Waals surface area contributed by atoms with Crippen LogP contribution in [0.5, 0.6) is 0 Å². The largest absolute Gasteiger partial charge is 0.382 e. The van der Waals surface area contributed by atoms with E-state index in [0.717, 1.165) is 39.1 Å². The van der Waals surface area contributed by atoms with Crippen molar-refractivity contribution < 1.29 is 4.74 Å². The molecule has 0 saturated carbocycles. The molecule has 0 saturated heterocycles. The maximum atomic E-state index is 5.36. The van der Waals surface area contributed by atoms with Gasteiger partial charge in [0.05, 0.1) is 0 Å². The Morgan fingerprint density at radius 1 is 1.44 bits per heavy atom. The van der Waals surface area contributed by atoms with Gasteiger partial charge in [-0.1, -0.05) is 13.8 Å². The van der Waals surface area contributed by atoms with E-state index in [4.69, 9.17) is 10.6 Å². The van der Waals surface area contributed by atoms with E-state index in [0.29, 0.717) is 11.9 Å². The minimum absolute atomic E-state index is 0.664. The molecule has 0 atom stereocenters. The zero-order valence-electron chi connectivity index (χ0n) is 10.8. The van der Waals surface area contributed by atoms with Crippen molar-refractivity contribution in [1.82, 2.24) is 10.7 Å². The van der Waals surface area contributed by atoms with Crippen molar-refractivity contribution >= 4 is 5.96 Å². The molecular formula is C11H26N4O. The Morgan fingerprint density at radius 2 is 2.19 bits per heavy atom. The lowest BCUT2D eigenvalue weighted by atomic mass is 10.1. The fourth-order valence-electron chi connectivity index (χ4n) is 1.13. The van der Waals surface area contributed by atoms with Crippen molar-refractivity contribution in [2.45, 2.75) is 33.6 Å². The SMILES string of the molecule is CCOCCCN=C(NN)NCCC(C)C. The molecule has 5 heteroatoms. The molecule has 0 heterocycles. The number of guanidine groups is 1. The van der Waals surface area contributed by atoms with Crippen molar-refractivity contribution in [3.05, 3.63) is 0 Å². The minimum atomic E-state index is 0.664. The fourth-order valence-corrected chi connectivity index (χ4v) is 1.13. The maximum absolute atomic E-state index is 5.36. The molecule has 5 nitrogen and oxygen atoms in total. The van der Waals surface area contributed by atoms with Gasteiger partial charge >= 0.3 is 0 Å². The predicted octanol–water partition coefficient (Wildman–Crippen LogP) is 0.868. The second kappa shape index (κ2) is 10.7. The van der Waals surface area contributed by atoms with E-state index in [9.17, 15) is 0 Å². The van der Waals surface area contributed by atoms with E-state index >= 15 is 0 Å². The van der Waals surface area contributed by atoms with Gasteiger partial charge in [-0.3, -0.25) is 10.4 Å². The van der Waals surface area contributed by atoms with E-state index in [1.54, 1.807) is 0 Å². The number of aliphatic imine (C=N–C) groups is 1. The van der Waals surface area contributed by atoms with Gasteiger partial charge in [-0.2, -0.15) is 0 Å². The third kappa shape index (κ3) is 9.73. The summed E-state index contributed by atoms with van der Waals surface area (Å²) in [7, 11) is 0. The molecule has 0 amide bonds. The Labute approximate surface area is 98.8 Å². The molecule has 0 aromatic carbocycles. The van der Waals surface area contributed by atoms with Crippen molar-refractivity contribution in [1.29, 1.82) is 0 Å². The number of nitrogens with zero attached hydrogens (tertiary/aromatic N) is 1. The Balaban J connectivity index is 3.58. The Kier molecular flexibility index (Phi) is 10.2. The van der Waals surface area contributed by atoms with Crippen molar-refractivity contribution in [2.24, 2.45) is 16.8 Å². The summed E-state index contributed by atoms with van der Waals surface area (Å²) in [6, 6.07) is 0. The van der Waals surface area contributed by atoms with Crippen LogP contribution in [0.15, 0.2) is 4.99 Å². The average Bonchev–Trinajstić information content (AvgIpc) is 2.26. The normalized spacial score (nSPS) is 11.9. The molecule has 0 spiro atoms. The number of rotatable bonds is 8. The number of hydrogen-bond donors (Lipinski definition) is 3. The van der Waals surface area contributed by atoms with Crippen LogP contribution in [0.1, 0.15) is 33.6 Å². The van der Waals surface area contributed by atoms with Gasteiger partial charge in [-0.05, 0) is 25.7 Å². The van der Waals surface area contributed by atoms with Gasteiger partial charge in [0.15, 0.2) is 0 Å². The smallest absolute Gasteiger partial charge is 0.205 e. The van der Waals surface area contributed by atoms with Crippen LogP contribution < -0.4 is 16.6 Å². The monoisotopic (exact) mass is 230 g/mol. The quantitative estimate of drug-likeness (QED) is 0.190. The van der Waals surface area contributed by atoms with E-state index < -0.39 is 0 Å². The Bertz CT molecular complexity index is 183. The molecule has 0 rings (SSSR count). The maximum Gasteiger partial charge on any atom is 0.205 e.